The SMILES string of the molecule is Nc1ccc(Cl)c(NC(=O)C2CC2c2ccccc2)c1. The monoisotopic (exact) mass is 286 g/mol. The highest BCUT2D eigenvalue weighted by Gasteiger charge is 2.43. The van der Waals surface area contributed by atoms with Crippen molar-refractivity contribution in [3.63, 3.8) is 0 Å². The molecule has 1 fully saturated rings. The summed E-state index contributed by atoms with van der Waals surface area (Å²) in [5.74, 6) is 0.345. The number of rotatable bonds is 3. The summed E-state index contributed by atoms with van der Waals surface area (Å²) in [5.41, 5.74) is 8.08. The smallest absolute Gasteiger partial charge is 0.228 e. The van der Waals surface area contributed by atoms with E-state index in [2.05, 4.69) is 17.4 Å². The maximum atomic E-state index is 12.2. The molecular formula is C16H15ClN2O. The van der Waals surface area contributed by atoms with E-state index in [1.807, 2.05) is 18.2 Å². The lowest BCUT2D eigenvalue weighted by atomic mass is 10.1. The van der Waals surface area contributed by atoms with E-state index in [1.54, 1.807) is 18.2 Å². The summed E-state index contributed by atoms with van der Waals surface area (Å²) in [4.78, 5) is 12.2. The number of carbonyl (C=O) groups is 1. The molecule has 0 spiro atoms. The fourth-order valence-electron chi connectivity index (χ4n) is 2.42. The molecule has 3 rings (SSSR count). The largest absolute Gasteiger partial charge is 0.399 e. The number of nitrogens with one attached hydrogen (secondary N) is 1. The van der Waals surface area contributed by atoms with Gasteiger partial charge in [0.1, 0.15) is 0 Å². The molecule has 3 N–H and O–H groups in total. The molecule has 3 nitrogen and oxygen atoms in total. The van der Waals surface area contributed by atoms with Crippen LogP contribution in [0.5, 0.6) is 0 Å². The predicted molar refractivity (Wildman–Crippen MR) is 81.8 cm³/mol. The average molecular weight is 287 g/mol. The molecular weight excluding hydrogens is 272 g/mol. The fraction of sp³-hybridized carbons (Fsp3) is 0.188. The highest BCUT2D eigenvalue weighted by molar-refractivity contribution is 6.33. The number of halogens is 1. The molecule has 4 heteroatoms. The van der Waals surface area contributed by atoms with E-state index in [1.165, 1.54) is 5.56 Å². The van der Waals surface area contributed by atoms with E-state index < -0.39 is 0 Å². The first-order valence-electron chi connectivity index (χ1n) is 6.56. The van der Waals surface area contributed by atoms with E-state index in [-0.39, 0.29) is 11.8 Å². The third-order valence-corrected chi connectivity index (χ3v) is 3.93. The molecule has 2 aromatic carbocycles. The van der Waals surface area contributed by atoms with Gasteiger partial charge >= 0.3 is 0 Å². The minimum absolute atomic E-state index is 0.00588. The Hall–Kier alpha value is -2.00. The maximum Gasteiger partial charge on any atom is 0.228 e. The first-order chi connectivity index (χ1) is 9.65. The van der Waals surface area contributed by atoms with E-state index in [0.717, 1.165) is 6.42 Å². The summed E-state index contributed by atoms with van der Waals surface area (Å²) in [6.45, 7) is 0. The van der Waals surface area contributed by atoms with Gasteiger partial charge in [0.2, 0.25) is 5.91 Å². The van der Waals surface area contributed by atoms with Crippen LogP contribution in [0.25, 0.3) is 0 Å². The van der Waals surface area contributed by atoms with Crippen LogP contribution in [0.2, 0.25) is 5.02 Å². The molecule has 1 amide bonds. The Kier molecular flexibility index (Phi) is 3.36. The third kappa shape index (κ3) is 2.63. The van der Waals surface area contributed by atoms with Gasteiger partial charge in [-0.25, -0.2) is 0 Å². The topological polar surface area (TPSA) is 55.1 Å². The second kappa shape index (κ2) is 5.17. The van der Waals surface area contributed by atoms with Crippen LogP contribution in [-0.2, 0) is 4.79 Å². The second-order valence-corrected chi connectivity index (χ2v) is 5.50. The molecule has 1 aliphatic carbocycles. The Morgan fingerprint density at radius 2 is 1.95 bits per heavy atom. The van der Waals surface area contributed by atoms with Crippen molar-refractivity contribution in [2.75, 3.05) is 11.1 Å². The lowest BCUT2D eigenvalue weighted by Gasteiger charge is -2.08. The standard InChI is InChI=1S/C16H15ClN2O/c17-14-7-6-11(18)8-15(14)19-16(20)13-9-12(13)10-4-2-1-3-5-10/h1-8,12-13H,9,18H2,(H,19,20). The molecule has 0 radical (unpaired) electrons. The van der Waals surface area contributed by atoms with Gasteiger partial charge in [0.15, 0.2) is 0 Å². The van der Waals surface area contributed by atoms with Gasteiger partial charge in [-0.2, -0.15) is 0 Å². The van der Waals surface area contributed by atoms with Crippen LogP contribution < -0.4 is 11.1 Å². The molecule has 0 saturated heterocycles. The Balaban J connectivity index is 1.68. The maximum absolute atomic E-state index is 12.2. The summed E-state index contributed by atoms with van der Waals surface area (Å²) < 4.78 is 0. The molecule has 0 aliphatic heterocycles. The van der Waals surface area contributed by atoms with Gasteiger partial charge < -0.3 is 11.1 Å². The van der Waals surface area contributed by atoms with Crippen molar-refractivity contribution in [3.05, 3.63) is 59.1 Å². The number of benzene rings is 2. The van der Waals surface area contributed by atoms with Crippen molar-refractivity contribution < 1.29 is 4.79 Å². The van der Waals surface area contributed by atoms with Crippen LogP contribution >= 0.6 is 11.6 Å². The Bertz CT molecular complexity index is 642. The number of carbonyl (C=O) groups excluding carboxylic acids is 1. The third-order valence-electron chi connectivity index (χ3n) is 3.60. The normalized spacial score (nSPS) is 20.4. The zero-order chi connectivity index (χ0) is 14.1. The summed E-state index contributed by atoms with van der Waals surface area (Å²) >= 11 is 6.05. The lowest BCUT2D eigenvalue weighted by Crippen LogP contribution is -2.15. The quantitative estimate of drug-likeness (QED) is 0.846. The highest BCUT2D eigenvalue weighted by Crippen LogP contribution is 2.48. The van der Waals surface area contributed by atoms with Crippen molar-refractivity contribution in [2.45, 2.75) is 12.3 Å². The van der Waals surface area contributed by atoms with Crippen molar-refractivity contribution >= 4 is 28.9 Å². The van der Waals surface area contributed by atoms with Crippen LogP contribution in [-0.4, -0.2) is 5.91 Å². The molecule has 0 bridgehead atoms. The van der Waals surface area contributed by atoms with Crippen molar-refractivity contribution in [3.8, 4) is 0 Å². The van der Waals surface area contributed by atoms with Crippen LogP contribution in [0.4, 0.5) is 11.4 Å². The Morgan fingerprint density at radius 1 is 1.20 bits per heavy atom. The Labute approximate surface area is 122 Å². The molecule has 0 heterocycles. The van der Waals surface area contributed by atoms with E-state index in [0.29, 0.717) is 22.3 Å². The van der Waals surface area contributed by atoms with Gasteiger partial charge in [-0.1, -0.05) is 41.9 Å². The van der Waals surface area contributed by atoms with E-state index in [9.17, 15) is 4.79 Å². The van der Waals surface area contributed by atoms with Crippen molar-refractivity contribution in [2.24, 2.45) is 5.92 Å². The minimum Gasteiger partial charge on any atom is -0.399 e. The van der Waals surface area contributed by atoms with E-state index in [4.69, 9.17) is 17.3 Å². The minimum atomic E-state index is 0.00588. The van der Waals surface area contributed by atoms with Crippen LogP contribution in [0, 0.1) is 5.92 Å². The molecule has 1 saturated carbocycles. The Morgan fingerprint density at radius 3 is 2.70 bits per heavy atom. The highest BCUT2D eigenvalue weighted by atomic mass is 35.5. The first-order valence-corrected chi connectivity index (χ1v) is 6.94. The number of nitrogen functional groups attached to an aromatic ring is 1. The van der Waals surface area contributed by atoms with Gasteiger partial charge in [0.05, 0.1) is 10.7 Å². The number of amides is 1. The summed E-state index contributed by atoms with van der Waals surface area (Å²) in [7, 11) is 0. The van der Waals surface area contributed by atoms with Gasteiger partial charge in [0.25, 0.3) is 0 Å². The van der Waals surface area contributed by atoms with Crippen LogP contribution in [0.15, 0.2) is 48.5 Å². The van der Waals surface area contributed by atoms with Gasteiger partial charge in [-0.3, -0.25) is 4.79 Å². The summed E-state index contributed by atoms with van der Waals surface area (Å²) in [6.07, 6.45) is 0.885. The predicted octanol–water partition coefficient (Wildman–Crippen LogP) is 3.66. The van der Waals surface area contributed by atoms with Gasteiger partial charge in [-0.05, 0) is 36.1 Å². The molecule has 2 unspecified atom stereocenters. The van der Waals surface area contributed by atoms with E-state index >= 15 is 0 Å². The average Bonchev–Trinajstić information content (AvgIpc) is 3.24. The summed E-state index contributed by atoms with van der Waals surface area (Å²) in [5, 5.41) is 3.37. The fourth-order valence-corrected chi connectivity index (χ4v) is 2.58. The zero-order valence-corrected chi connectivity index (χ0v) is 11.6. The molecule has 20 heavy (non-hydrogen) atoms. The van der Waals surface area contributed by atoms with Crippen LogP contribution in [0.1, 0.15) is 17.9 Å². The molecule has 0 aromatic heterocycles. The lowest BCUT2D eigenvalue weighted by molar-refractivity contribution is -0.117. The summed E-state index contributed by atoms with van der Waals surface area (Å²) in [6, 6.07) is 15.2. The number of nitrogens with two attached hydrogens (primary N) is 1. The molecule has 2 aromatic rings. The van der Waals surface area contributed by atoms with Crippen molar-refractivity contribution in [1.82, 2.24) is 0 Å². The van der Waals surface area contributed by atoms with Gasteiger partial charge in [0, 0.05) is 11.6 Å². The number of hydrogen-bond acceptors (Lipinski definition) is 2. The molecule has 102 valence electrons. The van der Waals surface area contributed by atoms with Crippen molar-refractivity contribution in [1.29, 1.82) is 0 Å². The number of anilines is 2. The second-order valence-electron chi connectivity index (χ2n) is 5.09. The zero-order valence-electron chi connectivity index (χ0n) is 10.8. The molecule has 2 atom stereocenters. The number of hydrogen-bond donors (Lipinski definition) is 2. The van der Waals surface area contributed by atoms with Crippen LogP contribution in [0.3, 0.4) is 0 Å². The van der Waals surface area contributed by atoms with Gasteiger partial charge in [-0.15, -0.1) is 0 Å². The first kappa shape index (κ1) is 13.0. The molecule has 1 aliphatic rings.